The van der Waals surface area contributed by atoms with Crippen molar-refractivity contribution in [3.63, 3.8) is 0 Å². The minimum atomic E-state index is -0.746. The first kappa shape index (κ1) is 16.6. The molecule has 2 amide bonds. The molecule has 1 aromatic heterocycles. The number of aryl methyl sites for hydroxylation is 1. The average molecular weight is 363 g/mol. The third-order valence-corrected chi connectivity index (χ3v) is 3.99. The summed E-state index contributed by atoms with van der Waals surface area (Å²) in [5.41, 5.74) is 1.21. The zero-order chi connectivity index (χ0) is 18.8. The Morgan fingerprint density at radius 3 is 2.26 bits per heavy atom. The Balaban J connectivity index is 1.37. The number of fused-ring (bicyclic) bond motifs is 1. The molecule has 0 spiro atoms. The van der Waals surface area contributed by atoms with E-state index in [9.17, 15) is 14.4 Å². The lowest BCUT2D eigenvalue weighted by molar-refractivity contribution is -0.168. The van der Waals surface area contributed by atoms with Crippen molar-refractivity contribution in [3.8, 4) is 11.4 Å². The highest BCUT2D eigenvalue weighted by Crippen LogP contribution is 2.23. The molecule has 0 saturated carbocycles. The first-order valence-corrected chi connectivity index (χ1v) is 8.20. The summed E-state index contributed by atoms with van der Waals surface area (Å²) in [5.74, 6) is -1.39. The van der Waals surface area contributed by atoms with Crippen LogP contribution in [0.25, 0.3) is 11.4 Å². The summed E-state index contributed by atoms with van der Waals surface area (Å²) >= 11 is 0. The topological polar surface area (TPSA) is 103 Å². The summed E-state index contributed by atoms with van der Waals surface area (Å²) in [6.07, 6.45) is 0.00562. The lowest BCUT2D eigenvalue weighted by Crippen LogP contribution is -2.32. The first-order chi connectivity index (χ1) is 13.1. The molecule has 1 aliphatic rings. The van der Waals surface area contributed by atoms with E-state index in [0.717, 1.165) is 5.56 Å². The quantitative estimate of drug-likeness (QED) is 0.641. The van der Waals surface area contributed by atoms with Crippen LogP contribution in [0.5, 0.6) is 0 Å². The van der Waals surface area contributed by atoms with Gasteiger partial charge in [0.2, 0.25) is 11.7 Å². The molecular formula is C19H13N3O5. The van der Waals surface area contributed by atoms with E-state index >= 15 is 0 Å². The van der Waals surface area contributed by atoms with Crippen LogP contribution in [0.4, 0.5) is 0 Å². The molecule has 0 N–H and O–H groups in total. The van der Waals surface area contributed by atoms with E-state index in [2.05, 4.69) is 10.1 Å². The first-order valence-electron chi connectivity index (χ1n) is 8.20. The number of hydrogen-bond donors (Lipinski definition) is 0. The smallest absolute Gasteiger partial charge is 0.333 e. The fourth-order valence-electron chi connectivity index (χ4n) is 2.67. The predicted octanol–water partition coefficient (Wildman–Crippen LogP) is 2.42. The molecule has 8 nitrogen and oxygen atoms in total. The fourth-order valence-corrected chi connectivity index (χ4v) is 2.67. The fraction of sp³-hybridized carbons (Fsp3) is 0.105. The standard InChI is InChI=1S/C19H13N3O5/c23-16(27-22-18(24)13-8-4-5-9-14(13)19(22)25)11-10-15-20-17(21-26-15)12-6-2-1-3-7-12/h1-9H,10-11H2. The van der Waals surface area contributed by atoms with E-state index in [1.165, 1.54) is 12.1 Å². The molecule has 4 rings (SSSR count). The van der Waals surface area contributed by atoms with Crippen LogP contribution in [0.15, 0.2) is 59.1 Å². The van der Waals surface area contributed by atoms with Crippen molar-refractivity contribution >= 4 is 17.8 Å². The molecule has 1 aliphatic heterocycles. The number of hydrogen-bond acceptors (Lipinski definition) is 7. The Morgan fingerprint density at radius 1 is 0.963 bits per heavy atom. The van der Waals surface area contributed by atoms with Crippen LogP contribution in [0.2, 0.25) is 0 Å². The van der Waals surface area contributed by atoms with E-state index in [1.807, 2.05) is 30.3 Å². The summed E-state index contributed by atoms with van der Waals surface area (Å²) in [6.45, 7) is 0. The molecule has 0 saturated heterocycles. The zero-order valence-corrected chi connectivity index (χ0v) is 14.0. The molecule has 134 valence electrons. The van der Waals surface area contributed by atoms with Gasteiger partial charge in [-0.05, 0) is 12.1 Å². The third-order valence-electron chi connectivity index (χ3n) is 3.99. The van der Waals surface area contributed by atoms with Gasteiger partial charge in [-0.3, -0.25) is 9.59 Å². The summed E-state index contributed by atoms with van der Waals surface area (Å²) in [4.78, 5) is 45.5. The molecule has 2 heterocycles. The number of aromatic nitrogens is 2. The molecule has 3 aromatic rings. The second-order valence-corrected chi connectivity index (χ2v) is 5.79. The van der Waals surface area contributed by atoms with Crippen molar-refractivity contribution in [3.05, 3.63) is 71.6 Å². The van der Waals surface area contributed by atoms with Crippen LogP contribution in [0, 0.1) is 0 Å². The molecule has 0 aliphatic carbocycles. The van der Waals surface area contributed by atoms with E-state index in [-0.39, 0.29) is 29.9 Å². The Hall–Kier alpha value is -3.81. The van der Waals surface area contributed by atoms with Crippen LogP contribution in [-0.2, 0) is 16.1 Å². The lowest BCUT2D eigenvalue weighted by Gasteiger charge is -2.12. The van der Waals surface area contributed by atoms with Gasteiger partial charge in [0.05, 0.1) is 17.5 Å². The van der Waals surface area contributed by atoms with Crippen LogP contribution in [-0.4, -0.2) is 33.0 Å². The van der Waals surface area contributed by atoms with Crippen molar-refractivity contribution in [1.29, 1.82) is 0 Å². The van der Waals surface area contributed by atoms with Crippen molar-refractivity contribution in [1.82, 2.24) is 15.2 Å². The predicted molar refractivity (Wildman–Crippen MR) is 91.1 cm³/mol. The molecule has 0 bridgehead atoms. The van der Waals surface area contributed by atoms with E-state index in [1.54, 1.807) is 12.1 Å². The average Bonchev–Trinajstić information content (AvgIpc) is 3.27. The molecule has 8 heteroatoms. The number of rotatable bonds is 5. The van der Waals surface area contributed by atoms with Crippen molar-refractivity contribution < 1.29 is 23.7 Å². The molecule has 0 atom stereocenters. The Morgan fingerprint density at radius 2 is 1.59 bits per heavy atom. The van der Waals surface area contributed by atoms with Gasteiger partial charge < -0.3 is 9.36 Å². The van der Waals surface area contributed by atoms with Gasteiger partial charge in [-0.2, -0.15) is 4.98 Å². The van der Waals surface area contributed by atoms with Crippen LogP contribution < -0.4 is 0 Å². The number of amides is 2. The van der Waals surface area contributed by atoms with Gasteiger partial charge in [-0.15, -0.1) is 0 Å². The van der Waals surface area contributed by atoms with Crippen LogP contribution >= 0.6 is 0 Å². The van der Waals surface area contributed by atoms with E-state index in [4.69, 9.17) is 9.36 Å². The van der Waals surface area contributed by atoms with Crippen molar-refractivity contribution in [2.45, 2.75) is 12.8 Å². The number of carbonyl (C=O) groups is 3. The van der Waals surface area contributed by atoms with Gasteiger partial charge in [-0.1, -0.05) is 52.7 Å². The van der Waals surface area contributed by atoms with Gasteiger partial charge in [0.1, 0.15) is 0 Å². The summed E-state index contributed by atoms with van der Waals surface area (Å²) in [6, 6.07) is 15.5. The van der Waals surface area contributed by atoms with E-state index in [0.29, 0.717) is 10.9 Å². The maximum atomic E-state index is 12.2. The molecular weight excluding hydrogens is 350 g/mol. The highest BCUT2D eigenvalue weighted by atomic mass is 16.7. The second kappa shape index (κ2) is 6.83. The van der Waals surface area contributed by atoms with Crippen LogP contribution in [0.3, 0.4) is 0 Å². The Kier molecular flexibility index (Phi) is 4.21. The summed E-state index contributed by atoms with van der Waals surface area (Å²) in [5, 5.41) is 4.34. The highest BCUT2D eigenvalue weighted by molar-refractivity contribution is 6.20. The van der Waals surface area contributed by atoms with Crippen LogP contribution in [0.1, 0.15) is 33.0 Å². The number of carbonyl (C=O) groups excluding carboxylic acids is 3. The number of nitrogens with zero attached hydrogens (tertiary/aromatic N) is 3. The van der Waals surface area contributed by atoms with Gasteiger partial charge >= 0.3 is 5.97 Å². The maximum absolute atomic E-state index is 12.2. The minimum Gasteiger partial charge on any atom is -0.339 e. The SMILES string of the molecule is O=C(CCc1nc(-c2ccccc2)no1)ON1C(=O)c2ccccc2C1=O. The normalized spacial score (nSPS) is 13.0. The number of imide groups is 1. The van der Waals surface area contributed by atoms with E-state index < -0.39 is 17.8 Å². The number of hydroxylamine groups is 2. The molecule has 0 unspecified atom stereocenters. The molecule has 27 heavy (non-hydrogen) atoms. The van der Waals surface area contributed by atoms with Gasteiger partial charge in [-0.25, -0.2) is 4.79 Å². The lowest BCUT2D eigenvalue weighted by atomic mass is 10.1. The van der Waals surface area contributed by atoms with Crippen molar-refractivity contribution in [2.24, 2.45) is 0 Å². The van der Waals surface area contributed by atoms with Crippen molar-refractivity contribution in [2.75, 3.05) is 0 Å². The number of benzene rings is 2. The van der Waals surface area contributed by atoms with Gasteiger partial charge in [0.25, 0.3) is 11.8 Å². The molecule has 2 aromatic carbocycles. The zero-order valence-electron chi connectivity index (χ0n) is 14.0. The third kappa shape index (κ3) is 3.20. The molecule has 0 fully saturated rings. The summed E-state index contributed by atoms with van der Waals surface area (Å²) in [7, 11) is 0. The maximum Gasteiger partial charge on any atom is 0.333 e. The molecule has 0 radical (unpaired) electrons. The van der Waals surface area contributed by atoms with Gasteiger partial charge in [0, 0.05) is 12.0 Å². The largest absolute Gasteiger partial charge is 0.339 e. The Bertz CT molecular complexity index is 994. The summed E-state index contributed by atoms with van der Waals surface area (Å²) < 4.78 is 5.12. The minimum absolute atomic E-state index is 0.121. The monoisotopic (exact) mass is 363 g/mol. The Labute approximate surface area is 153 Å². The second-order valence-electron chi connectivity index (χ2n) is 5.79. The highest BCUT2D eigenvalue weighted by Gasteiger charge is 2.38. The van der Waals surface area contributed by atoms with Gasteiger partial charge in [0.15, 0.2) is 0 Å².